The van der Waals surface area contributed by atoms with Crippen molar-refractivity contribution in [3.05, 3.63) is 93.5 Å². The molecule has 0 N–H and O–H groups in total. The minimum Gasteiger partial charge on any atom is -0.0843 e. The fourth-order valence-corrected chi connectivity index (χ4v) is 4.96. The second-order valence-electron chi connectivity index (χ2n) is 7.46. The molecule has 0 spiro atoms. The van der Waals surface area contributed by atoms with Crippen LogP contribution >= 0.6 is 23.2 Å². The van der Waals surface area contributed by atoms with Gasteiger partial charge in [0.25, 0.3) is 0 Å². The molecule has 138 valence electrons. The summed E-state index contributed by atoms with van der Waals surface area (Å²) < 4.78 is 0. The van der Waals surface area contributed by atoms with E-state index in [0.717, 1.165) is 16.5 Å². The molecule has 0 aromatic heterocycles. The standard InChI is InChI=1S/C25H24Cl2/c1-2-3-4-8-15-25(18-9-6-5-7-10-18)23-16-19(26)11-13-21(23)22-14-12-20(27)17-24(22)25/h5-7,9-14,16-17H,2-4,8,15H2,1H3. The number of halogens is 2. The molecule has 0 saturated carbocycles. The van der Waals surface area contributed by atoms with Crippen molar-refractivity contribution < 1.29 is 0 Å². The topological polar surface area (TPSA) is 0 Å². The molecule has 2 heteroatoms. The SMILES string of the molecule is CCCCCCC1(c2ccccc2)c2cc(Cl)ccc2-c2ccc(Cl)cc21. The van der Waals surface area contributed by atoms with Gasteiger partial charge >= 0.3 is 0 Å². The molecule has 3 aromatic rings. The molecule has 0 aliphatic heterocycles. The van der Waals surface area contributed by atoms with Gasteiger partial charge in [-0.25, -0.2) is 0 Å². The van der Waals surface area contributed by atoms with Gasteiger partial charge in [0.05, 0.1) is 0 Å². The van der Waals surface area contributed by atoms with Gasteiger partial charge in [0, 0.05) is 15.5 Å². The monoisotopic (exact) mass is 394 g/mol. The van der Waals surface area contributed by atoms with E-state index >= 15 is 0 Å². The van der Waals surface area contributed by atoms with Gasteiger partial charge < -0.3 is 0 Å². The maximum Gasteiger partial charge on any atom is 0.0464 e. The molecule has 3 aromatic carbocycles. The van der Waals surface area contributed by atoms with E-state index in [1.165, 1.54) is 53.5 Å². The average Bonchev–Trinajstić information content (AvgIpc) is 2.95. The number of rotatable bonds is 6. The largest absolute Gasteiger partial charge is 0.0843 e. The van der Waals surface area contributed by atoms with Crippen LogP contribution in [-0.4, -0.2) is 0 Å². The lowest BCUT2D eigenvalue weighted by Crippen LogP contribution is -2.27. The Morgan fingerprint density at radius 1 is 0.704 bits per heavy atom. The van der Waals surface area contributed by atoms with E-state index in [4.69, 9.17) is 23.2 Å². The van der Waals surface area contributed by atoms with Gasteiger partial charge in [-0.05, 0) is 58.5 Å². The van der Waals surface area contributed by atoms with Crippen LogP contribution in [0.15, 0.2) is 66.7 Å². The molecular formula is C25H24Cl2. The molecule has 0 saturated heterocycles. The van der Waals surface area contributed by atoms with Crippen LogP contribution in [0.5, 0.6) is 0 Å². The van der Waals surface area contributed by atoms with Crippen molar-refractivity contribution in [3.8, 4) is 11.1 Å². The van der Waals surface area contributed by atoms with Crippen LogP contribution in [0.1, 0.15) is 55.7 Å². The maximum atomic E-state index is 6.47. The first-order valence-electron chi connectivity index (χ1n) is 9.83. The molecule has 27 heavy (non-hydrogen) atoms. The lowest BCUT2D eigenvalue weighted by Gasteiger charge is -2.33. The summed E-state index contributed by atoms with van der Waals surface area (Å²) in [6.07, 6.45) is 6.01. The summed E-state index contributed by atoms with van der Waals surface area (Å²) in [6, 6.07) is 23.5. The number of hydrogen-bond donors (Lipinski definition) is 0. The zero-order valence-electron chi connectivity index (χ0n) is 15.6. The Morgan fingerprint density at radius 2 is 1.30 bits per heavy atom. The molecule has 1 aliphatic rings. The minimum atomic E-state index is -0.185. The molecule has 0 fully saturated rings. The van der Waals surface area contributed by atoms with E-state index in [1.54, 1.807) is 0 Å². The quantitative estimate of drug-likeness (QED) is 0.368. The van der Waals surface area contributed by atoms with Crippen LogP contribution in [-0.2, 0) is 5.41 Å². The van der Waals surface area contributed by atoms with Crippen molar-refractivity contribution >= 4 is 23.2 Å². The maximum absolute atomic E-state index is 6.47. The first-order valence-corrected chi connectivity index (χ1v) is 10.6. The third-order valence-electron chi connectivity index (χ3n) is 5.84. The van der Waals surface area contributed by atoms with Crippen LogP contribution in [0.4, 0.5) is 0 Å². The Kier molecular flexibility index (Phi) is 5.30. The van der Waals surface area contributed by atoms with Crippen LogP contribution < -0.4 is 0 Å². The Morgan fingerprint density at radius 3 is 1.85 bits per heavy atom. The fraction of sp³-hybridized carbons (Fsp3) is 0.280. The summed E-state index contributed by atoms with van der Waals surface area (Å²) in [5.41, 5.74) is 6.34. The molecule has 4 rings (SSSR count). The first kappa shape index (κ1) is 18.6. The molecule has 0 heterocycles. The van der Waals surface area contributed by atoms with Crippen LogP contribution in [0.3, 0.4) is 0 Å². The number of unbranched alkanes of at least 4 members (excludes halogenated alkanes) is 3. The number of fused-ring (bicyclic) bond motifs is 3. The molecule has 0 unspecified atom stereocenters. The third kappa shape index (κ3) is 3.20. The molecule has 0 radical (unpaired) electrons. The molecule has 0 atom stereocenters. The van der Waals surface area contributed by atoms with Gasteiger partial charge in [0.1, 0.15) is 0 Å². The highest BCUT2D eigenvalue weighted by molar-refractivity contribution is 6.31. The molecule has 0 nitrogen and oxygen atoms in total. The van der Waals surface area contributed by atoms with Crippen molar-refractivity contribution in [2.24, 2.45) is 0 Å². The summed E-state index contributed by atoms with van der Waals surface area (Å²) in [4.78, 5) is 0. The van der Waals surface area contributed by atoms with E-state index in [9.17, 15) is 0 Å². The predicted molar refractivity (Wildman–Crippen MR) is 117 cm³/mol. The van der Waals surface area contributed by atoms with E-state index in [0.29, 0.717) is 0 Å². The molecular weight excluding hydrogens is 371 g/mol. The normalized spacial score (nSPS) is 14.0. The Balaban J connectivity index is 1.96. The fourth-order valence-electron chi connectivity index (χ4n) is 4.62. The van der Waals surface area contributed by atoms with Crippen molar-refractivity contribution in [2.45, 2.75) is 44.4 Å². The van der Waals surface area contributed by atoms with Crippen molar-refractivity contribution in [1.82, 2.24) is 0 Å². The van der Waals surface area contributed by atoms with Gasteiger partial charge in [-0.2, -0.15) is 0 Å². The minimum absolute atomic E-state index is 0.185. The Labute approximate surface area is 172 Å². The molecule has 1 aliphatic carbocycles. The van der Waals surface area contributed by atoms with Gasteiger partial charge in [-0.1, -0.05) is 98.3 Å². The van der Waals surface area contributed by atoms with E-state index in [-0.39, 0.29) is 5.41 Å². The highest BCUT2D eigenvalue weighted by atomic mass is 35.5. The Bertz CT molecular complexity index is 892. The lowest BCUT2D eigenvalue weighted by atomic mass is 9.69. The predicted octanol–water partition coefficient (Wildman–Crippen LogP) is 8.28. The lowest BCUT2D eigenvalue weighted by molar-refractivity contribution is 0.516. The molecule has 0 bridgehead atoms. The zero-order valence-corrected chi connectivity index (χ0v) is 17.2. The van der Waals surface area contributed by atoms with Crippen LogP contribution in [0.2, 0.25) is 10.0 Å². The van der Waals surface area contributed by atoms with Crippen molar-refractivity contribution in [2.75, 3.05) is 0 Å². The third-order valence-corrected chi connectivity index (χ3v) is 6.32. The molecule has 0 amide bonds. The van der Waals surface area contributed by atoms with Gasteiger partial charge in [-0.15, -0.1) is 0 Å². The summed E-state index contributed by atoms with van der Waals surface area (Å²) >= 11 is 12.9. The van der Waals surface area contributed by atoms with Gasteiger partial charge in [0.15, 0.2) is 0 Å². The summed E-state index contributed by atoms with van der Waals surface area (Å²) in [6.45, 7) is 2.26. The smallest absolute Gasteiger partial charge is 0.0464 e. The second-order valence-corrected chi connectivity index (χ2v) is 8.33. The average molecular weight is 395 g/mol. The highest BCUT2D eigenvalue weighted by Crippen LogP contribution is 2.56. The Hall–Kier alpha value is -1.76. The highest BCUT2D eigenvalue weighted by Gasteiger charge is 2.44. The van der Waals surface area contributed by atoms with Crippen LogP contribution in [0, 0.1) is 0 Å². The second kappa shape index (κ2) is 7.70. The summed E-state index contributed by atoms with van der Waals surface area (Å²) in [7, 11) is 0. The van der Waals surface area contributed by atoms with Crippen LogP contribution in [0.25, 0.3) is 11.1 Å². The van der Waals surface area contributed by atoms with Gasteiger partial charge in [0.2, 0.25) is 0 Å². The van der Waals surface area contributed by atoms with Crippen molar-refractivity contribution in [1.29, 1.82) is 0 Å². The van der Waals surface area contributed by atoms with E-state index < -0.39 is 0 Å². The van der Waals surface area contributed by atoms with Gasteiger partial charge in [-0.3, -0.25) is 0 Å². The number of benzene rings is 3. The van der Waals surface area contributed by atoms with E-state index in [2.05, 4.69) is 61.5 Å². The summed E-state index contributed by atoms with van der Waals surface area (Å²) in [5.74, 6) is 0. The van der Waals surface area contributed by atoms with Crippen molar-refractivity contribution in [3.63, 3.8) is 0 Å². The number of hydrogen-bond acceptors (Lipinski definition) is 0. The first-order chi connectivity index (χ1) is 13.2. The van der Waals surface area contributed by atoms with E-state index in [1.807, 2.05) is 12.1 Å². The zero-order chi connectivity index (χ0) is 18.9. The summed E-state index contributed by atoms with van der Waals surface area (Å²) in [5, 5.41) is 1.59.